The third-order valence-corrected chi connectivity index (χ3v) is 3.83. The molecule has 25 heavy (non-hydrogen) atoms. The van der Waals surface area contributed by atoms with Crippen LogP contribution in [-0.4, -0.2) is 34.6 Å². The van der Waals surface area contributed by atoms with Gasteiger partial charge < -0.3 is 19.6 Å². The van der Waals surface area contributed by atoms with Gasteiger partial charge in [0.25, 0.3) is 0 Å². The summed E-state index contributed by atoms with van der Waals surface area (Å²) >= 11 is 0. The minimum atomic E-state index is -0.596. The third-order valence-electron chi connectivity index (χ3n) is 3.83. The van der Waals surface area contributed by atoms with Crippen molar-refractivity contribution in [3.63, 3.8) is 0 Å². The summed E-state index contributed by atoms with van der Waals surface area (Å²) in [6.07, 6.45) is 1.16. The molecule has 0 aliphatic rings. The first kappa shape index (κ1) is 17.3. The Morgan fingerprint density at radius 2 is 2.16 bits per heavy atom. The van der Waals surface area contributed by atoms with Crippen molar-refractivity contribution in [1.82, 2.24) is 15.5 Å². The summed E-state index contributed by atoms with van der Waals surface area (Å²) in [5.41, 5.74) is 2.97. The zero-order chi connectivity index (χ0) is 17.6. The quantitative estimate of drug-likeness (QED) is 0.587. The molecule has 0 saturated heterocycles. The number of nitrogens with one attached hydrogen (secondary N) is 2. The first-order chi connectivity index (χ1) is 12.1. The lowest BCUT2D eigenvalue weighted by Crippen LogP contribution is -2.31. The minimum Gasteiger partial charge on any atom is -0.491 e. The number of rotatable bonds is 8. The Hall–Kier alpha value is -2.57. The highest BCUT2D eigenvalue weighted by Gasteiger charge is 2.12. The van der Waals surface area contributed by atoms with Crippen LogP contribution in [0.15, 0.2) is 47.0 Å². The molecule has 0 amide bonds. The van der Waals surface area contributed by atoms with Gasteiger partial charge in [-0.1, -0.05) is 12.1 Å². The van der Waals surface area contributed by atoms with Crippen LogP contribution in [0.25, 0.3) is 11.5 Å². The van der Waals surface area contributed by atoms with Gasteiger partial charge in [0.2, 0.25) is 0 Å². The lowest BCUT2D eigenvalue weighted by molar-refractivity contribution is 0.106. The van der Waals surface area contributed by atoms with Crippen molar-refractivity contribution in [3.05, 3.63) is 59.5 Å². The zero-order valence-corrected chi connectivity index (χ0v) is 14.5. The molecule has 0 spiro atoms. The lowest BCUT2D eigenvalue weighted by Gasteiger charge is -2.13. The van der Waals surface area contributed by atoms with Crippen molar-refractivity contribution in [2.24, 2.45) is 0 Å². The number of aryl methyl sites for hydroxylation is 2. The molecular weight excluding hydrogens is 318 g/mol. The number of benzene rings is 1. The van der Waals surface area contributed by atoms with Crippen LogP contribution in [0.2, 0.25) is 0 Å². The van der Waals surface area contributed by atoms with E-state index >= 15 is 0 Å². The molecule has 1 atom stereocenters. The molecule has 3 rings (SSSR count). The molecule has 132 valence electrons. The number of aromatic amines is 1. The fourth-order valence-electron chi connectivity index (χ4n) is 2.56. The normalized spacial score (nSPS) is 12.3. The van der Waals surface area contributed by atoms with Gasteiger partial charge in [0, 0.05) is 18.7 Å². The number of aliphatic hydroxyl groups excluding tert-OH is 1. The van der Waals surface area contributed by atoms with Gasteiger partial charge >= 0.3 is 0 Å². The smallest absolute Gasteiger partial charge is 0.152 e. The standard InChI is InChI=1S/C19H23N3O3/c1-13-4-3-5-17(8-13)24-12-16(23)11-20-9-15-10-21-22-19(15)18-7-6-14(2)25-18/h3-8,10,16,20,23H,9,11-12H2,1-2H3,(H,21,22). The molecule has 0 radical (unpaired) electrons. The van der Waals surface area contributed by atoms with Crippen LogP contribution in [0.5, 0.6) is 5.75 Å². The minimum absolute atomic E-state index is 0.242. The van der Waals surface area contributed by atoms with Crippen LogP contribution in [0.1, 0.15) is 16.9 Å². The van der Waals surface area contributed by atoms with Crippen molar-refractivity contribution in [3.8, 4) is 17.2 Å². The maximum absolute atomic E-state index is 10.1. The van der Waals surface area contributed by atoms with Crippen molar-refractivity contribution < 1.29 is 14.3 Å². The number of ether oxygens (including phenoxy) is 1. The molecule has 1 aromatic carbocycles. The van der Waals surface area contributed by atoms with Crippen LogP contribution in [-0.2, 0) is 6.54 Å². The lowest BCUT2D eigenvalue weighted by atomic mass is 10.2. The number of hydrogen-bond acceptors (Lipinski definition) is 5. The Balaban J connectivity index is 1.46. The molecule has 2 heterocycles. The van der Waals surface area contributed by atoms with E-state index in [-0.39, 0.29) is 6.61 Å². The van der Waals surface area contributed by atoms with E-state index in [1.54, 1.807) is 6.20 Å². The highest BCUT2D eigenvalue weighted by atomic mass is 16.5. The van der Waals surface area contributed by atoms with Crippen LogP contribution in [0.4, 0.5) is 0 Å². The average Bonchev–Trinajstić information content (AvgIpc) is 3.22. The van der Waals surface area contributed by atoms with Gasteiger partial charge in [-0.3, -0.25) is 5.10 Å². The van der Waals surface area contributed by atoms with Crippen LogP contribution < -0.4 is 10.1 Å². The molecule has 6 heteroatoms. The maximum atomic E-state index is 10.1. The van der Waals surface area contributed by atoms with Gasteiger partial charge in [0.1, 0.15) is 29.9 Å². The van der Waals surface area contributed by atoms with Gasteiger partial charge in [0.05, 0.1) is 6.20 Å². The highest BCUT2D eigenvalue weighted by molar-refractivity contribution is 5.56. The average molecular weight is 341 g/mol. The monoisotopic (exact) mass is 341 g/mol. The second kappa shape index (κ2) is 8.00. The van der Waals surface area contributed by atoms with Gasteiger partial charge in [-0.2, -0.15) is 5.10 Å². The molecule has 6 nitrogen and oxygen atoms in total. The fraction of sp³-hybridized carbons (Fsp3) is 0.316. The summed E-state index contributed by atoms with van der Waals surface area (Å²) in [5.74, 6) is 2.38. The maximum Gasteiger partial charge on any atom is 0.152 e. The van der Waals surface area contributed by atoms with E-state index in [0.717, 1.165) is 34.1 Å². The largest absolute Gasteiger partial charge is 0.491 e. The summed E-state index contributed by atoms with van der Waals surface area (Å²) in [6.45, 7) is 5.16. The first-order valence-corrected chi connectivity index (χ1v) is 8.29. The molecule has 0 aliphatic heterocycles. The van der Waals surface area contributed by atoms with E-state index in [1.165, 1.54) is 0 Å². The van der Waals surface area contributed by atoms with Gasteiger partial charge in [-0.25, -0.2) is 0 Å². The molecular formula is C19H23N3O3. The Morgan fingerprint density at radius 3 is 2.92 bits per heavy atom. The van der Waals surface area contributed by atoms with E-state index < -0.39 is 6.10 Å². The predicted molar refractivity (Wildman–Crippen MR) is 95.4 cm³/mol. The molecule has 0 aliphatic carbocycles. The number of hydrogen-bond donors (Lipinski definition) is 3. The fourth-order valence-corrected chi connectivity index (χ4v) is 2.56. The summed E-state index contributed by atoms with van der Waals surface area (Å²) < 4.78 is 11.2. The Kier molecular flexibility index (Phi) is 5.53. The number of aromatic nitrogens is 2. The van der Waals surface area contributed by atoms with Gasteiger partial charge in [-0.15, -0.1) is 0 Å². The second-order valence-corrected chi connectivity index (χ2v) is 6.09. The summed E-state index contributed by atoms with van der Waals surface area (Å²) in [5, 5.41) is 20.3. The number of aliphatic hydroxyl groups is 1. The molecule has 3 aromatic rings. The van der Waals surface area contributed by atoms with E-state index in [1.807, 2.05) is 50.2 Å². The molecule has 0 saturated carbocycles. The number of nitrogens with zero attached hydrogens (tertiary/aromatic N) is 1. The Morgan fingerprint density at radius 1 is 1.28 bits per heavy atom. The summed E-state index contributed by atoms with van der Waals surface area (Å²) in [4.78, 5) is 0. The molecule has 1 unspecified atom stereocenters. The molecule has 3 N–H and O–H groups in total. The van der Waals surface area contributed by atoms with Gasteiger partial charge in [0.15, 0.2) is 5.76 Å². The Bertz CT molecular complexity index is 810. The van der Waals surface area contributed by atoms with E-state index in [0.29, 0.717) is 13.1 Å². The first-order valence-electron chi connectivity index (χ1n) is 8.29. The van der Waals surface area contributed by atoms with Crippen LogP contribution >= 0.6 is 0 Å². The van der Waals surface area contributed by atoms with Crippen molar-refractivity contribution in [1.29, 1.82) is 0 Å². The summed E-state index contributed by atoms with van der Waals surface area (Å²) in [6, 6.07) is 11.6. The summed E-state index contributed by atoms with van der Waals surface area (Å²) in [7, 11) is 0. The van der Waals surface area contributed by atoms with Crippen LogP contribution in [0.3, 0.4) is 0 Å². The highest BCUT2D eigenvalue weighted by Crippen LogP contribution is 2.23. The SMILES string of the molecule is Cc1cccc(OCC(O)CNCc2cn[nH]c2-c2ccc(C)o2)c1. The topological polar surface area (TPSA) is 83.3 Å². The molecule has 0 fully saturated rings. The van der Waals surface area contributed by atoms with Crippen molar-refractivity contribution in [2.75, 3.05) is 13.2 Å². The van der Waals surface area contributed by atoms with Gasteiger partial charge in [-0.05, 0) is 43.7 Å². The van der Waals surface area contributed by atoms with Crippen molar-refractivity contribution >= 4 is 0 Å². The predicted octanol–water partition coefficient (Wildman–Crippen LogP) is 2.82. The van der Waals surface area contributed by atoms with E-state index in [2.05, 4.69) is 15.5 Å². The molecule has 0 bridgehead atoms. The Labute approximate surface area is 146 Å². The van der Waals surface area contributed by atoms with Crippen molar-refractivity contribution in [2.45, 2.75) is 26.5 Å². The number of H-pyrrole nitrogens is 1. The molecule has 2 aromatic heterocycles. The van der Waals surface area contributed by atoms with E-state index in [9.17, 15) is 5.11 Å². The second-order valence-electron chi connectivity index (χ2n) is 6.09. The number of furan rings is 1. The van der Waals surface area contributed by atoms with Crippen LogP contribution in [0, 0.1) is 13.8 Å². The van der Waals surface area contributed by atoms with E-state index in [4.69, 9.17) is 9.15 Å². The third kappa shape index (κ3) is 4.71. The zero-order valence-electron chi connectivity index (χ0n) is 14.5.